The molecule has 68 valence electrons. The molecule has 0 atom stereocenters. The molecule has 0 fully saturated rings. The third-order valence-electron chi connectivity index (χ3n) is 1.56. The van der Waals surface area contributed by atoms with E-state index in [2.05, 4.69) is 4.98 Å². The van der Waals surface area contributed by atoms with Crippen LogP contribution in [0.3, 0.4) is 0 Å². The van der Waals surface area contributed by atoms with E-state index >= 15 is 0 Å². The van der Waals surface area contributed by atoms with Gasteiger partial charge in [0.1, 0.15) is 17.5 Å². The molecule has 0 saturated carbocycles. The van der Waals surface area contributed by atoms with E-state index in [4.69, 9.17) is 16.7 Å². The molecule has 5 nitrogen and oxygen atoms in total. The first-order valence-electron chi connectivity index (χ1n) is 3.37. The SMILES string of the molecule is CSc1[nH]c(N)c(C#N)c1C(N)=O. The third-order valence-corrected chi connectivity index (χ3v) is 2.27. The molecule has 0 radical (unpaired) electrons. The predicted molar refractivity (Wildman–Crippen MR) is 50.2 cm³/mol. The Labute approximate surface area is 79.1 Å². The van der Waals surface area contributed by atoms with Crippen LogP contribution in [0.15, 0.2) is 5.03 Å². The van der Waals surface area contributed by atoms with Crippen LogP contribution in [0.2, 0.25) is 0 Å². The fraction of sp³-hybridized carbons (Fsp3) is 0.143. The Morgan fingerprint density at radius 1 is 1.69 bits per heavy atom. The quantitative estimate of drug-likeness (QED) is 0.590. The van der Waals surface area contributed by atoms with E-state index in [-0.39, 0.29) is 16.9 Å². The lowest BCUT2D eigenvalue weighted by Crippen LogP contribution is -2.12. The van der Waals surface area contributed by atoms with Crippen LogP contribution in [0.4, 0.5) is 5.82 Å². The Bertz CT molecular complexity index is 390. The van der Waals surface area contributed by atoms with Crippen molar-refractivity contribution in [2.75, 3.05) is 12.0 Å². The van der Waals surface area contributed by atoms with Gasteiger partial charge in [0.2, 0.25) is 0 Å². The molecule has 1 aromatic heterocycles. The second kappa shape index (κ2) is 3.41. The summed E-state index contributed by atoms with van der Waals surface area (Å²) >= 11 is 1.29. The van der Waals surface area contributed by atoms with Crippen molar-refractivity contribution in [2.24, 2.45) is 5.73 Å². The molecule has 0 aliphatic carbocycles. The lowest BCUT2D eigenvalue weighted by molar-refractivity contribution is 0.0997. The van der Waals surface area contributed by atoms with E-state index < -0.39 is 5.91 Å². The van der Waals surface area contributed by atoms with Crippen LogP contribution in [0.1, 0.15) is 15.9 Å². The minimum Gasteiger partial charge on any atom is -0.384 e. The van der Waals surface area contributed by atoms with Gasteiger partial charge in [-0.05, 0) is 6.26 Å². The van der Waals surface area contributed by atoms with E-state index in [1.807, 2.05) is 6.07 Å². The topological polar surface area (TPSA) is 109 Å². The Morgan fingerprint density at radius 2 is 2.31 bits per heavy atom. The van der Waals surface area contributed by atoms with Crippen molar-refractivity contribution in [1.29, 1.82) is 5.26 Å². The van der Waals surface area contributed by atoms with Crippen molar-refractivity contribution in [3.8, 4) is 6.07 Å². The van der Waals surface area contributed by atoms with Crippen molar-refractivity contribution in [1.82, 2.24) is 4.98 Å². The molecule has 0 aliphatic heterocycles. The van der Waals surface area contributed by atoms with Gasteiger partial charge in [0.05, 0.1) is 10.6 Å². The summed E-state index contributed by atoms with van der Waals surface area (Å²) in [5.74, 6) is -0.463. The number of amides is 1. The van der Waals surface area contributed by atoms with E-state index in [0.29, 0.717) is 5.03 Å². The number of nitrogen functional groups attached to an aromatic ring is 1. The maximum Gasteiger partial charge on any atom is 0.252 e. The number of hydrogen-bond acceptors (Lipinski definition) is 4. The average molecular weight is 196 g/mol. The van der Waals surface area contributed by atoms with Gasteiger partial charge in [0.15, 0.2) is 0 Å². The standard InChI is InChI=1S/C7H8N4OS/c1-13-7-4(6(10)12)3(2-8)5(9)11-7/h11H,9H2,1H3,(H2,10,12). The third kappa shape index (κ3) is 1.46. The van der Waals surface area contributed by atoms with Crippen LogP contribution in [-0.2, 0) is 0 Å². The highest BCUT2D eigenvalue weighted by atomic mass is 32.2. The van der Waals surface area contributed by atoms with Gasteiger partial charge >= 0.3 is 0 Å². The van der Waals surface area contributed by atoms with E-state index in [9.17, 15) is 4.79 Å². The van der Waals surface area contributed by atoms with Crippen molar-refractivity contribution >= 4 is 23.5 Å². The van der Waals surface area contributed by atoms with Gasteiger partial charge in [-0.3, -0.25) is 4.79 Å². The molecule has 0 spiro atoms. The number of nitrogens with zero attached hydrogens (tertiary/aromatic N) is 1. The first-order valence-corrected chi connectivity index (χ1v) is 4.59. The number of H-pyrrole nitrogens is 1. The number of nitrogens with one attached hydrogen (secondary N) is 1. The summed E-state index contributed by atoms with van der Waals surface area (Å²) in [6.07, 6.45) is 1.76. The summed E-state index contributed by atoms with van der Waals surface area (Å²) in [7, 11) is 0. The first-order chi connectivity index (χ1) is 6.11. The Hall–Kier alpha value is -1.61. The summed E-state index contributed by atoms with van der Waals surface area (Å²) in [5.41, 5.74) is 10.9. The highest BCUT2D eigenvalue weighted by Gasteiger charge is 2.19. The molecule has 1 heterocycles. The highest BCUT2D eigenvalue weighted by molar-refractivity contribution is 7.98. The number of carbonyl (C=O) groups excluding carboxylic acids is 1. The van der Waals surface area contributed by atoms with E-state index in [0.717, 1.165) is 0 Å². The number of hydrogen-bond donors (Lipinski definition) is 3. The number of nitrogens with two attached hydrogens (primary N) is 2. The Balaban J connectivity index is 3.43. The number of primary amides is 1. The summed E-state index contributed by atoms with van der Waals surface area (Å²) in [5, 5.41) is 9.22. The fourth-order valence-electron chi connectivity index (χ4n) is 1.000. The van der Waals surface area contributed by atoms with Crippen molar-refractivity contribution in [3.05, 3.63) is 11.1 Å². The van der Waals surface area contributed by atoms with Crippen LogP contribution in [0.5, 0.6) is 0 Å². The molecule has 0 aromatic carbocycles. The number of rotatable bonds is 2. The van der Waals surface area contributed by atoms with Crippen LogP contribution in [0.25, 0.3) is 0 Å². The average Bonchev–Trinajstić information content (AvgIpc) is 2.41. The first kappa shape index (κ1) is 9.48. The number of nitriles is 1. The second-order valence-corrected chi connectivity index (χ2v) is 3.11. The van der Waals surface area contributed by atoms with Crippen molar-refractivity contribution in [2.45, 2.75) is 5.03 Å². The number of aromatic amines is 1. The Morgan fingerprint density at radius 3 is 2.69 bits per heavy atom. The molecule has 5 N–H and O–H groups in total. The fourth-order valence-corrected chi connectivity index (χ4v) is 1.62. The maximum absolute atomic E-state index is 11.0. The van der Waals surface area contributed by atoms with Gasteiger partial charge < -0.3 is 16.5 Å². The van der Waals surface area contributed by atoms with Crippen LogP contribution in [-0.4, -0.2) is 17.1 Å². The molecule has 1 amide bonds. The van der Waals surface area contributed by atoms with Gasteiger partial charge in [-0.1, -0.05) is 0 Å². The number of aromatic nitrogens is 1. The van der Waals surface area contributed by atoms with Gasteiger partial charge in [-0.25, -0.2) is 0 Å². The molecular weight excluding hydrogens is 188 g/mol. The summed E-state index contributed by atoms with van der Waals surface area (Å²) < 4.78 is 0. The monoisotopic (exact) mass is 196 g/mol. The van der Waals surface area contributed by atoms with Crippen molar-refractivity contribution < 1.29 is 4.79 Å². The number of thioether (sulfide) groups is 1. The number of anilines is 1. The molecular formula is C7H8N4OS. The molecule has 0 unspecified atom stereocenters. The molecule has 1 rings (SSSR count). The lowest BCUT2D eigenvalue weighted by Gasteiger charge is -1.94. The molecule has 0 bridgehead atoms. The summed E-state index contributed by atoms with van der Waals surface area (Å²) in [6.45, 7) is 0. The van der Waals surface area contributed by atoms with Crippen molar-refractivity contribution in [3.63, 3.8) is 0 Å². The largest absolute Gasteiger partial charge is 0.384 e. The van der Waals surface area contributed by atoms with Gasteiger partial charge in [0.25, 0.3) is 5.91 Å². The van der Waals surface area contributed by atoms with E-state index in [1.165, 1.54) is 11.8 Å². The molecule has 0 aliphatic rings. The molecule has 13 heavy (non-hydrogen) atoms. The normalized spacial score (nSPS) is 9.54. The predicted octanol–water partition coefficient (Wildman–Crippen LogP) is 0.289. The zero-order valence-corrected chi connectivity index (χ0v) is 7.73. The van der Waals surface area contributed by atoms with Crippen LogP contribution in [0, 0.1) is 11.3 Å². The lowest BCUT2D eigenvalue weighted by atomic mass is 10.2. The van der Waals surface area contributed by atoms with Crippen LogP contribution >= 0.6 is 11.8 Å². The maximum atomic E-state index is 11.0. The molecule has 6 heteroatoms. The zero-order valence-electron chi connectivity index (χ0n) is 6.92. The zero-order chi connectivity index (χ0) is 10.0. The minimum absolute atomic E-state index is 0.122. The smallest absolute Gasteiger partial charge is 0.252 e. The Kier molecular flexibility index (Phi) is 2.49. The van der Waals surface area contributed by atoms with Gasteiger partial charge in [-0.2, -0.15) is 5.26 Å². The highest BCUT2D eigenvalue weighted by Crippen LogP contribution is 2.26. The molecule has 0 saturated heterocycles. The van der Waals surface area contributed by atoms with E-state index in [1.54, 1.807) is 6.26 Å². The minimum atomic E-state index is -0.645. The second-order valence-electron chi connectivity index (χ2n) is 2.30. The van der Waals surface area contributed by atoms with Crippen LogP contribution < -0.4 is 11.5 Å². The summed E-state index contributed by atoms with van der Waals surface area (Å²) in [4.78, 5) is 13.7. The molecule has 1 aromatic rings. The van der Waals surface area contributed by atoms with Gasteiger partial charge in [-0.15, -0.1) is 11.8 Å². The number of carbonyl (C=O) groups is 1. The van der Waals surface area contributed by atoms with Gasteiger partial charge in [0, 0.05) is 0 Å². The summed E-state index contributed by atoms with van der Waals surface area (Å²) in [6, 6.07) is 1.83.